The fourth-order valence-electron chi connectivity index (χ4n) is 2.97. The van der Waals surface area contributed by atoms with Crippen molar-refractivity contribution in [2.75, 3.05) is 10.6 Å². The second-order valence-corrected chi connectivity index (χ2v) is 6.74. The molecule has 2 N–H and O–H groups in total. The number of rotatable bonds is 5. The summed E-state index contributed by atoms with van der Waals surface area (Å²) in [6, 6.07) is 20.0. The molecule has 4 aromatic rings. The van der Waals surface area contributed by atoms with Gasteiger partial charge in [-0.1, -0.05) is 30.3 Å². The van der Waals surface area contributed by atoms with Crippen LogP contribution in [0.2, 0.25) is 0 Å². The number of hydrogen-bond acceptors (Lipinski definition) is 4. The van der Waals surface area contributed by atoms with Gasteiger partial charge in [0.15, 0.2) is 5.76 Å². The molecule has 0 saturated carbocycles. The second-order valence-electron chi connectivity index (χ2n) is 6.74. The van der Waals surface area contributed by atoms with Crippen LogP contribution in [0.25, 0.3) is 11.0 Å². The van der Waals surface area contributed by atoms with Gasteiger partial charge in [-0.15, -0.1) is 0 Å². The second kappa shape index (κ2) is 7.98. The molecule has 0 radical (unpaired) electrons. The molecule has 0 atom stereocenters. The Labute approximate surface area is 167 Å². The molecule has 0 bridgehead atoms. The fourth-order valence-corrected chi connectivity index (χ4v) is 2.97. The van der Waals surface area contributed by atoms with Crippen LogP contribution in [0.5, 0.6) is 0 Å². The molecular weight excluding hydrogens is 366 g/mol. The first kappa shape index (κ1) is 18.4. The van der Waals surface area contributed by atoms with Crippen LogP contribution in [0.15, 0.2) is 77.3 Å². The largest absolute Gasteiger partial charge is 0.451 e. The van der Waals surface area contributed by atoms with Crippen LogP contribution in [0.1, 0.15) is 21.7 Å². The van der Waals surface area contributed by atoms with Crippen LogP contribution >= 0.6 is 0 Å². The van der Waals surface area contributed by atoms with E-state index < -0.39 is 0 Å². The molecule has 0 fully saturated rings. The third kappa shape index (κ3) is 4.50. The number of nitrogens with one attached hydrogen (secondary N) is 2. The van der Waals surface area contributed by atoms with Crippen LogP contribution in [-0.4, -0.2) is 16.8 Å². The molecule has 0 saturated heterocycles. The average molecular weight is 385 g/mol. The van der Waals surface area contributed by atoms with E-state index in [0.29, 0.717) is 17.1 Å². The first-order chi connectivity index (χ1) is 14.1. The molecule has 6 nitrogen and oxygen atoms in total. The standard InChI is InChI=1S/C23H19N3O3/c1-15-10-11-24-21(12-15)26-22(27)13-16-6-8-18(9-7-16)25-23(28)20-14-17-4-2-3-5-19(17)29-20/h2-12,14H,13H2,1H3,(H,25,28)(H,24,26,27). The Kier molecular flexibility index (Phi) is 5.07. The lowest BCUT2D eigenvalue weighted by molar-refractivity contribution is -0.115. The lowest BCUT2D eigenvalue weighted by Gasteiger charge is -2.07. The van der Waals surface area contributed by atoms with Gasteiger partial charge in [0, 0.05) is 17.3 Å². The van der Waals surface area contributed by atoms with Gasteiger partial charge in [0.25, 0.3) is 5.91 Å². The van der Waals surface area contributed by atoms with Crippen LogP contribution < -0.4 is 10.6 Å². The van der Waals surface area contributed by atoms with Gasteiger partial charge >= 0.3 is 0 Å². The van der Waals surface area contributed by atoms with E-state index >= 15 is 0 Å². The molecule has 0 aliphatic heterocycles. The number of anilines is 2. The van der Waals surface area contributed by atoms with Gasteiger partial charge in [-0.2, -0.15) is 0 Å². The van der Waals surface area contributed by atoms with E-state index in [4.69, 9.17) is 4.42 Å². The molecule has 2 heterocycles. The normalized spacial score (nSPS) is 10.7. The fraction of sp³-hybridized carbons (Fsp3) is 0.0870. The van der Waals surface area contributed by atoms with Crippen molar-refractivity contribution in [2.45, 2.75) is 13.3 Å². The third-order valence-electron chi connectivity index (χ3n) is 4.41. The van der Waals surface area contributed by atoms with Crippen molar-refractivity contribution in [1.82, 2.24) is 4.98 Å². The number of carbonyl (C=O) groups excluding carboxylic acids is 2. The summed E-state index contributed by atoms with van der Waals surface area (Å²) in [4.78, 5) is 28.7. The highest BCUT2D eigenvalue weighted by Gasteiger charge is 2.12. The minimum atomic E-state index is -0.322. The summed E-state index contributed by atoms with van der Waals surface area (Å²) in [6.07, 6.45) is 1.87. The van der Waals surface area contributed by atoms with Crippen molar-refractivity contribution in [3.05, 3.63) is 89.8 Å². The molecule has 144 valence electrons. The smallest absolute Gasteiger partial charge is 0.291 e. The zero-order valence-corrected chi connectivity index (χ0v) is 15.8. The van der Waals surface area contributed by atoms with E-state index in [1.165, 1.54) is 0 Å². The summed E-state index contributed by atoms with van der Waals surface area (Å²) in [5.74, 6) is 0.310. The van der Waals surface area contributed by atoms with E-state index in [1.807, 2.05) is 43.3 Å². The van der Waals surface area contributed by atoms with Gasteiger partial charge < -0.3 is 15.1 Å². The Balaban J connectivity index is 1.37. The molecule has 0 aliphatic carbocycles. The Hall–Kier alpha value is -3.93. The number of aryl methyl sites for hydroxylation is 1. The minimum Gasteiger partial charge on any atom is -0.451 e. The summed E-state index contributed by atoms with van der Waals surface area (Å²) < 4.78 is 5.57. The van der Waals surface area contributed by atoms with Gasteiger partial charge in [-0.05, 0) is 54.4 Å². The Morgan fingerprint density at radius 1 is 0.966 bits per heavy atom. The predicted molar refractivity (Wildman–Crippen MR) is 112 cm³/mol. The van der Waals surface area contributed by atoms with Crippen LogP contribution in [-0.2, 0) is 11.2 Å². The van der Waals surface area contributed by atoms with Gasteiger partial charge in [-0.3, -0.25) is 9.59 Å². The molecular formula is C23H19N3O3. The van der Waals surface area contributed by atoms with Crippen LogP contribution in [0.3, 0.4) is 0 Å². The van der Waals surface area contributed by atoms with Gasteiger partial charge in [0.1, 0.15) is 11.4 Å². The summed E-state index contributed by atoms with van der Waals surface area (Å²) >= 11 is 0. The number of fused-ring (bicyclic) bond motifs is 1. The Morgan fingerprint density at radius 3 is 2.52 bits per heavy atom. The number of hydrogen-bond donors (Lipinski definition) is 2. The van der Waals surface area contributed by atoms with E-state index in [2.05, 4.69) is 15.6 Å². The van der Waals surface area contributed by atoms with Crippen molar-refractivity contribution < 1.29 is 14.0 Å². The van der Waals surface area contributed by atoms with Crippen LogP contribution in [0, 0.1) is 6.92 Å². The van der Waals surface area contributed by atoms with E-state index in [1.54, 1.807) is 36.5 Å². The van der Waals surface area contributed by atoms with Crippen molar-refractivity contribution in [3.8, 4) is 0 Å². The number of benzene rings is 2. The lowest BCUT2D eigenvalue weighted by Crippen LogP contribution is -2.15. The highest BCUT2D eigenvalue weighted by molar-refractivity contribution is 6.04. The van der Waals surface area contributed by atoms with E-state index in [0.717, 1.165) is 16.5 Å². The number of pyridine rings is 1. The first-order valence-corrected chi connectivity index (χ1v) is 9.18. The maximum absolute atomic E-state index is 12.4. The molecule has 0 unspecified atom stereocenters. The monoisotopic (exact) mass is 385 g/mol. The van der Waals surface area contributed by atoms with Crippen molar-refractivity contribution in [3.63, 3.8) is 0 Å². The number of aromatic nitrogens is 1. The van der Waals surface area contributed by atoms with E-state index in [9.17, 15) is 9.59 Å². The Morgan fingerprint density at radius 2 is 1.76 bits per heavy atom. The third-order valence-corrected chi connectivity index (χ3v) is 4.41. The van der Waals surface area contributed by atoms with Gasteiger partial charge in [0.05, 0.1) is 6.42 Å². The summed E-state index contributed by atoms with van der Waals surface area (Å²) in [5.41, 5.74) is 3.15. The zero-order valence-electron chi connectivity index (χ0n) is 15.8. The molecule has 2 amide bonds. The molecule has 29 heavy (non-hydrogen) atoms. The van der Waals surface area contributed by atoms with Crippen molar-refractivity contribution >= 4 is 34.3 Å². The SMILES string of the molecule is Cc1ccnc(NC(=O)Cc2ccc(NC(=O)c3cc4ccccc4o3)cc2)c1. The molecule has 0 spiro atoms. The maximum atomic E-state index is 12.4. The number of amides is 2. The van der Waals surface area contributed by atoms with E-state index in [-0.39, 0.29) is 24.0 Å². The number of carbonyl (C=O) groups is 2. The van der Waals surface area contributed by atoms with Crippen molar-refractivity contribution in [1.29, 1.82) is 0 Å². The predicted octanol–water partition coefficient (Wildman–Crippen LogP) is 4.57. The quantitative estimate of drug-likeness (QED) is 0.527. The summed E-state index contributed by atoms with van der Waals surface area (Å²) in [6.45, 7) is 1.94. The topological polar surface area (TPSA) is 84.2 Å². The Bertz CT molecular complexity index is 1150. The highest BCUT2D eigenvalue weighted by Crippen LogP contribution is 2.20. The molecule has 4 rings (SSSR count). The molecule has 2 aromatic heterocycles. The van der Waals surface area contributed by atoms with Gasteiger partial charge in [-0.25, -0.2) is 4.98 Å². The summed E-state index contributed by atoms with van der Waals surface area (Å²) in [7, 11) is 0. The molecule has 6 heteroatoms. The lowest BCUT2D eigenvalue weighted by atomic mass is 10.1. The average Bonchev–Trinajstić information content (AvgIpc) is 3.14. The number of para-hydroxylation sites is 1. The van der Waals surface area contributed by atoms with Crippen LogP contribution in [0.4, 0.5) is 11.5 Å². The zero-order chi connectivity index (χ0) is 20.2. The first-order valence-electron chi connectivity index (χ1n) is 9.18. The molecule has 0 aliphatic rings. The minimum absolute atomic E-state index is 0.151. The maximum Gasteiger partial charge on any atom is 0.291 e. The van der Waals surface area contributed by atoms with Gasteiger partial charge in [0.2, 0.25) is 5.91 Å². The van der Waals surface area contributed by atoms with Crippen molar-refractivity contribution in [2.24, 2.45) is 0 Å². The number of nitrogens with zero attached hydrogens (tertiary/aromatic N) is 1. The molecule has 2 aromatic carbocycles. The highest BCUT2D eigenvalue weighted by atomic mass is 16.3. The number of furan rings is 1. The summed E-state index contributed by atoms with van der Waals surface area (Å²) in [5, 5.41) is 6.46.